The molecule has 1 aromatic carbocycles. The molecule has 4 rings (SSSR count). The number of aromatic nitrogens is 3. The van der Waals surface area contributed by atoms with Crippen molar-refractivity contribution in [3.8, 4) is 6.01 Å². The van der Waals surface area contributed by atoms with E-state index in [1.807, 2.05) is 0 Å². The third-order valence-electron chi connectivity index (χ3n) is 4.89. The normalized spacial score (nSPS) is 14.1. The number of esters is 1. The number of carbonyl (C=O) groups is 2. The maximum absolute atomic E-state index is 12.7. The number of methoxy groups -OCH3 is 1. The van der Waals surface area contributed by atoms with Gasteiger partial charge in [0.2, 0.25) is 0 Å². The van der Waals surface area contributed by atoms with Crippen molar-refractivity contribution in [2.24, 2.45) is 0 Å². The molecule has 32 heavy (non-hydrogen) atoms. The van der Waals surface area contributed by atoms with Crippen molar-refractivity contribution in [3.05, 3.63) is 57.8 Å². The number of piperidine rings is 1. The Labute approximate surface area is 196 Å². The summed E-state index contributed by atoms with van der Waals surface area (Å²) in [4.78, 5) is 39.1. The number of benzene rings is 1. The Morgan fingerprint density at radius 3 is 2.66 bits per heavy atom. The Kier molecular flexibility index (Phi) is 6.96. The van der Waals surface area contributed by atoms with E-state index in [1.54, 1.807) is 42.0 Å². The van der Waals surface area contributed by atoms with Crippen LogP contribution in [0.1, 0.15) is 33.7 Å². The minimum atomic E-state index is -0.446. The lowest BCUT2D eigenvalue weighted by Crippen LogP contribution is -2.38. The number of hydrogen-bond acceptors (Lipinski definition) is 9. The highest BCUT2D eigenvalue weighted by Gasteiger charge is 2.24. The second kappa shape index (κ2) is 10.0. The van der Waals surface area contributed by atoms with Gasteiger partial charge in [0.15, 0.2) is 5.13 Å². The molecule has 0 spiro atoms. The van der Waals surface area contributed by atoms with Gasteiger partial charge in [-0.3, -0.25) is 4.79 Å². The molecule has 0 saturated carbocycles. The van der Waals surface area contributed by atoms with Gasteiger partial charge < -0.3 is 19.7 Å². The zero-order valence-electron chi connectivity index (χ0n) is 17.2. The summed E-state index contributed by atoms with van der Waals surface area (Å²) in [7, 11) is 1.32. The first-order chi connectivity index (χ1) is 15.5. The first kappa shape index (κ1) is 22.2. The molecule has 0 radical (unpaired) electrons. The van der Waals surface area contributed by atoms with Crippen LogP contribution in [-0.4, -0.2) is 53.1 Å². The third kappa shape index (κ3) is 5.22. The van der Waals surface area contributed by atoms with Crippen molar-refractivity contribution in [2.75, 3.05) is 30.4 Å². The van der Waals surface area contributed by atoms with Crippen LogP contribution in [0.15, 0.2) is 46.5 Å². The molecule has 3 heterocycles. The fraction of sp³-hybridized carbons (Fsp3) is 0.286. The second-order valence-corrected chi connectivity index (χ2v) is 8.68. The van der Waals surface area contributed by atoms with Crippen LogP contribution in [0.2, 0.25) is 0 Å². The number of rotatable bonds is 6. The number of carbonyl (C=O) groups excluding carboxylic acids is 2. The number of ether oxygens (including phenoxy) is 2. The zero-order valence-corrected chi connectivity index (χ0v) is 19.6. The molecule has 11 heteroatoms. The molecular formula is C21H20BrN5O4S. The molecule has 1 N–H and O–H groups in total. The Bertz CT molecular complexity index is 1100. The number of thiazole rings is 1. The Balaban J connectivity index is 1.34. The summed E-state index contributed by atoms with van der Waals surface area (Å²) < 4.78 is 11.1. The standard InChI is InChI=1S/C21H20BrN5O4S/c1-30-19(29)13-3-4-16(15(22)11-13)25-18(28)17-12-32-21(26-17)27-9-5-14(6-10-27)31-20-23-7-2-8-24-20/h2-4,7-8,11-12,14H,5-6,9-10H2,1H3,(H,25,28). The van der Waals surface area contributed by atoms with Crippen LogP contribution < -0.4 is 15.0 Å². The quantitative estimate of drug-likeness (QED) is 0.492. The second-order valence-electron chi connectivity index (χ2n) is 6.99. The highest BCUT2D eigenvalue weighted by Crippen LogP contribution is 2.27. The van der Waals surface area contributed by atoms with Gasteiger partial charge in [-0.15, -0.1) is 11.3 Å². The molecule has 0 bridgehead atoms. The van der Waals surface area contributed by atoms with Crippen LogP contribution in [0.4, 0.5) is 10.8 Å². The summed E-state index contributed by atoms with van der Waals surface area (Å²) >= 11 is 4.80. The molecule has 0 atom stereocenters. The predicted octanol–water partition coefficient (Wildman–Crippen LogP) is 3.78. The van der Waals surface area contributed by atoms with Crippen LogP contribution in [0.3, 0.4) is 0 Å². The molecule has 0 aliphatic carbocycles. The number of hydrogen-bond donors (Lipinski definition) is 1. The number of amides is 1. The molecule has 166 valence electrons. The van der Waals surface area contributed by atoms with Crippen molar-refractivity contribution >= 4 is 50.0 Å². The molecule has 1 saturated heterocycles. The molecular weight excluding hydrogens is 498 g/mol. The van der Waals surface area contributed by atoms with Crippen molar-refractivity contribution in [2.45, 2.75) is 18.9 Å². The van der Waals surface area contributed by atoms with E-state index >= 15 is 0 Å². The van der Waals surface area contributed by atoms with E-state index < -0.39 is 5.97 Å². The van der Waals surface area contributed by atoms with Crippen LogP contribution in [0.5, 0.6) is 6.01 Å². The average molecular weight is 518 g/mol. The van der Waals surface area contributed by atoms with E-state index in [9.17, 15) is 9.59 Å². The fourth-order valence-corrected chi connectivity index (χ4v) is 4.56. The molecule has 0 unspecified atom stereocenters. The summed E-state index contributed by atoms with van der Waals surface area (Å²) in [6.07, 6.45) is 5.01. The topological polar surface area (TPSA) is 107 Å². The van der Waals surface area contributed by atoms with Gasteiger partial charge in [0.05, 0.1) is 18.4 Å². The fourth-order valence-electron chi connectivity index (χ4n) is 3.22. The molecule has 1 fully saturated rings. The maximum Gasteiger partial charge on any atom is 0.337 e. The van der Waals surface area contributed by atoms with Crippen molar-refractivity contribution in [1.82, 2.24) is 15.0 Å². The van der Waals surface area contributed by atoms with Gasteiger partial charge in [0.25, 0.3) is 5.91 Å². The van der Waals surface area contributed by atoms with Gasteiger partial charge in [0.1, 0.15) is 11.8 Å². The molecule has 1 aliphatic heterocycles. The van der Waals surface area contributed by atoms with Gasteiger partial charge in [-0.1, -0.05) is 0 Å². The Hall–Kier alpha value is -3.05. The lowest BCUT2D eigenvalue weighted by Gasteiger charge is -2.31. The van der Waals surface area contributed by atoms with Crippen LogP contribution in [0, 0.1) is 0 Å². The highest BCUT2D eigenvalue weighted by molar-refractivity contribution is 9.10. The van der Waals surface area contributed by atoms with E-state index in [2.05, 4.69) is 41.1 Å². The van der Waals surface area contributed by atoms with E-state index in [-0.39, 0.29) is 12.0 Å². The average Bonchev–Trinajstić information content (AvgIpc) is 3.31. The molecule has 2 aromatic heterocycles. The van der Waals surface area contributed by atoms with Gasteiger partial charge in [-0.25, -0.2) is 19.7 Å². The van der Waals surface area contributed by atoms with Crippen molar-refractivity contribution < 1.29 is 19.1 Å². The summed E-state index contributed by atoms with van der Waals surface area (Å²) in [5.74, 6) is -0.767. The third-order valence-corrected chi connectivity index (χ3v) is 6.45. The van der Waals surface area contributed by atoms with Crippen LogP contribution in [0.25, 0.3) is 0 Å². The summed E-state index contributed by atoms with van der Waals surface area (Å²) in [6, 6.07) is 6.97. The Morgan fingerprint density at radius 1 is 1.22 bits per heavy atom. The largest absolute Gasteiger partial charge is 0.465 e. The molecule has 1 amide bonds. The van der Waals surface area contributed by atoms with E-state index in [1.165, 1.54) is 18.4 Å². The summed E-state index contributed by atoms with van der Waals surface area (Å²) in [5.41, 5.74) is 1.27. The first-order valence-electron chi connectivity index (χ1n) is 9.87. The van der Waals surface area contributed by atoms with Gasteiger partial charge in [-0.05, 0) is 40.2 Å². The van der Waals surface area contributed by atoms with Gasteiger partial charge >= 0.3 is 12.0 Å². The highest BCUT2D eigenvalue weighted by atomic mass is 79.9. The van der Waals surface area contributed by atoms with E-state index in [0.29, 0.717) is 27.4 Å². The van der Waals surface area contributed by atoms with Gasteiger partial charge in [0, 0.05) is 48.2 Å². The van der Waals surface area contributed by atoms with E-state index in [4.69, 9.17) is 9.47 Å². The minimum absolute atomic E-state index is 0.0571. The minimum Gasteiger partial charge on any atom is -0.465 e. The summed E-state index contributed by atoms with van der Waals surface area (Å²) in [5, 5.41) is 5.35. The monoisotopic (exact) mass is 517 g/mol. The number of nitrogens with zero attached hydrogens (tertiary/aromatic N) is 4. The lowest BCUT2D eigenvalue weighted by molar-refractivity contribution is 0.0600. The van der Waals surface area contributed by atoms with Crippen LogP contribution >= 0.6 is 27.3 Å². The molecule has 9 nitrogen and oxygen atoms in total. The Morgan fingerprint density at radius 2 is 1.97 bits per heavy atom. The molecule has 3 aromatic rings. The first-order valence-corrected chi connectivity index (χ1v) is 11.5. The number of halogens is 1. The molecule has 1 aliphatic rings. The van der Waals surface area contributed by atoms with Crippen molar-refractivity contribution in [1.29, 1.82) is 0 Å². The van der Waals surface area contributed by atoms with Gasteiger partial charge in [-0.2, -0.15) is 0 Å². The summed E-state index contributed by atoms with van der Waals surface area (Å²) in [6.45, 7) is 1.54. The number of nitrogens with one attached hydrogen (secondary N) is 1. The smallest absolute Gasteiger partial charge is 0.337 e. The SMILES string of the molecule is COC(=O)c1ccc(NC(=O)c2csc(N3CCC(Oc4ncccn4)CC3)n2)c(Br)c1. The lowest BCUT2D eigenvalue weighted by atomic mass is 10.1. The van der Waals surface area contributed by atoms with Crippen LogP contribution in [-0.2, 0) is 4.74 Å². The zero-order chi connectivity index (χ0) is 22.5. The predicted molar refractivity (Wildman–Crippen MR) is 123 cm³/mol. The maximum atomic E-state index is 12.7. The van der Waals surface area contributed by atoms with E-state index in [0.717, 1.165) is 31.1 Å². The number of anilines is 2. The van der Waals surface area contributed by atoms with Crippen molar-refractivity contribution in [3.63, 3.8) is 0 Å².